The second-order valence-corrected chi connectivity index (χ2v) is 17.1. The lowest BCUT2D eigenvalue weighted by Crippen LogP contribution is -2.37. The monoisotopic (exact) mass is 791 g/mol. The van der Waals surface area contributed by atoms with E-state index in [4.69, 9.17) is 23.8 Å². The Hall–Kier alpha value is -1.59. The molecular weight excluding hydrogens is 709 g/mol. The lowest BCUT2D eigenvalue weighted by Gasteiger charge is -2.24. The van der Waals surface area contributed by atoms with Crippen molar-refractivity contribution in [3.8, 4) is 0 Å². The zero-order valence-electron chi connectivity index (χ0n) is 35.0. The molecule has 0 radical (unpaired) electrons. The summed E-state index contributed by atoms with van der Waals surface area (Å²) in [5.41, 5.74) is 0. The predicted molar refractivity (Wildman–Crippen MR) is 218 cm³/mol. The summed E-state index contributed by atoms with van der Waals surface area (Å²) in [6.07, 6.45) is 32.5. The molecule has 0 aliphatic rings. The van der Waals surface area contributed by atoms with Crippen LogP contribution in [0.25, 0.3) is 0 Å². The lowest BCUT2D eigenvalue weighted by molar-refractivity contribution is -0.870. The molecule has 0 saturated carbocycles. The molecule has 0 fully saturated rings. The third-order valence-electron chi connectivity index (χ3n) is 9.21. The number of ether oxygens (including phenoxy) is 2. The Labute approximate surface area is 329 Å². The number of rotatable bonds is 39. The summed E-state index contributed by atoms with van der Waals surface area (Å²) in [4.78, 5) is 39.8. The number of carbonyl (C=O) groups excluding carboxylic acids is 2. The molecule has 0 aromatic carbocycles. The second-order valence-electron chi connectivity index (χ2n) is 15.7. The van der Waals surface area contributed by atoms with Crippen molar-refractivity contribution in [2.45, 2.75) is 187 Å². The first-order valence-electron chi connectivity index (χ1n) is 21.3. The van der Waals surface area contributed by atoms with Crippen molar-refractivity contribution in [1.82, 2.24) is 0 Å². The first kappa shape index (κ1) is 52.4. The van der Waals surface area contributed by atoms with Crippen LogP contribution in [0.4, 0.5) is 0 Å². The van der Waals surface area contributed by atoms with Crippen LogP contribution in [0.2, 0.25) is 0 Å². The van der Waals surface area contributed by atoms with E-state index in [2.05, 4.69) is 24.8 Å². The molecule has 11 nitrogen and oxygen atoms in total. The molecule has 0 aliphatic heterocycles. The highest BCUT2D eigenvalue weighted by molar-refractivity contribution is 7.47. The maximum absolute atomic E-state index is 12.7. The normalized spacial score (nSPS) is 14.4. The molecule has 12 heteroatoms. The Bertz CT molecular complexity index is 1000. The third-order valence-corrected chi connectivity index (χ3v) is 10.2. The fourth-order valence-electron chi connectivity index (χ4n) is 5.76. The SMILES string of the molecule is CCCCCCCCCCCCCCCC(=O)OCC(COP(=O)(O)OCC[N+](C)(C)C)OC(=O)CCCCCCC/C=C\C=C\C(CCCCC)OO. The van der Waals surface area contributed by atoms with Gasteiger partial charge in [0.15, 0.2) is 6.10 Å². The van der Waals surface area contributed by atoms with Crippen molar-refractivity contribution in [1.29, 1.82) is 0 Å². The summed E-state index contributed by atoms with van der Waals surface area (Å²) in [5.74, 6) is -0.855. The first-order valence-corrected chi connectivity index (χ1v) is 22.8. The molecule has 3 unspecified atom stereocenters. The van der Waals surface area contributed by atoms with Crippen molar-refractivity contribution < 1.29 is 52.2 Å². The van der Waals surface area contributed by atoms with E-state index < -0.39 is 26.5 Å². The van der Waals surface area contributed by atoms with E-state index in [0.29, 0.717) is 17.4 Å². The summed E-state index contributed by atoms with van der Waals surface area (Å²) < 4.78 is 34.2. The molecule has 2 N–H and O–H groups in total. The average Bonchev–Trinajstić information content (AvgIpc) is 3.12. The smallest absolute Gasteiger partial charge is 0.462 e. The van der Waals surface area contributed by atoms with Gasteiger partial charge in [-0.25, -0.2) is 9.45 Å². The zero-order valence-corrected chi connectivity index (χ0v) is 35.9. The maximum Gasteiger partial charge on any atom is 0.472 e. The minimum absolute atomic E-state index is 0.0167. The largest absolute Gasteiger partial charge is 0.472 e. The second kappa shape index (κ2) is 35.8. The van der Waals surface area contributed by atoms with E-state index in [1.54, 1.807) is 0 Å². The summed E-state index contributed by atoms with van der Waals surface area (Å²) in [5, 5.41) is 9.02. The average molecular weight is 791 g/mol. The van der Waals surface area contributed by atoms with Gasteiger partial charge in [0.2, 0.25) is 0 Å². The molecule has 318 valence electrons. The summed E-state index contributed by atoms with van der Waals surface area (Å²) in [6, 6.07) is 0. The van der Waals surface area contributed by atoms with E-state index in [1.807, 2.05) is 39.4 Å². The molecule has 0 bridgehead atoms. The molecule has 0 aromatic heterocycles. The molecule has 0 aliphatic carbocycles. The van der Waals surface area contributed by atoms with Crippen molar-refractivity contribution in [3.63, 3.8) is 0 Å². The van der Waals surface area contributed by atoms with Gasteiger partial charge in [0.1, 0.15) is 25.9 Å². The minimum Gasteiger partial charge on any atom is -0.462 e. The number of nitrogens with zero attached hydrogens (tertiary/aromatic N) is 1. The number of unbranched alkanes of at least 4 members (excludes halogenated alkanes) is 19. The van der Waals surface area contributed by atoms with Crippen LogP contribution in [-0.4, -0.2) is 86.3 Å². The van der Waals surface area contributed by atoms with E-state index in [1.165, 1.54) is 64.2 Å². The molecule has 0 amide bonds. The summed E-state index contributed by atoms with van der Waals surface area (Å²) >= 11 is 0. The molecule has 0 aromatic rings. The van der Waals surface area contributed by atoms with Gasteiger partial charge in [-0.05, 0) is 32.1 Å². The van der Waals surface area contributed by atoms with Gasteiger partial charge in [-0.3, -0.25) is 23.9 Å². The summed E-state index contributed by atoms with van der Waals surface area (Å²) in [7, 11) is 1.42. The fourth-order valence-corrected chi connectivity index (χ4v) is 6.50. The lowest BCUT2D eigenvalue weighted by atomic mass is 10.0. The quantitative estimate of drug-likeness (QED) is 0.0118. The Morgan fingerprint density at radius 3 is 1.74 bits per heavy atom. The van der Waals surface area contributed by atoms with E-state index in [-0.39, 0.29) is 38.1 Å². The predicted octanol–water partition coefficient (Wildman–Crippen LogP) is 11.0. The van der Waals surface area contributed by atoms with Gasteiger partial charge in [-0.1, -0.05) is 154 Å². The number of likely N-dealkylation sites (N-methyl/N-ethyl adjacent to an activating group) is 1. The molecule has 3 atom stereocenters. The van der Waals surface area contributed by atoms with Gasteiger partial charge in [0.25, 0.3) is 0 Å². The van der Waals surface area contributed by atoms with Gasteiger partial charge in [0.05, 0.1) is 27.7 Å². The molecule has 0 spiro atoms. The molecule has 54 heavy (non-hydrogen) atoms. The Morgan fingerprint density at radius 1 is 0.667 bits per heavy atom. The van der Waals surface area contributed by atoms with Gasteiger partial charge < -0.3 is 18.9 Å². The van der Waals surface area contributed by atoms with E-state index in [9.17, 15) is 19.0 Å². The Morgan fingerprint density at radius 2 is 1.19 bits per heavy atom. The van der Waals surface area contributed by atoms with Crippen molar-refractivity contribution >= 4 is 19.8 Å². The van der Waals surface area contributed by atoms with Crippen LogP contribution in [0.1, 0.15) is 174 Å². The van der Waals surface area contributed by atoms with Crippen LogP contribution in [0.15, 0.2) is 24.3 Å². The van der Waals surface area contributed by atoms with Gasteiger partial charge in [-0.15, -0.1) is 0 Å². The Kier molecular flexibility index (Phi) is 34.7. The van der Waals surface area contributed by atoms with Gasteiger partial charge in [-0.2, -0.15) is 0 Å². The number of phosphoric acid groups is 1. The van der Waals surface area contributed by atoms with E-state index in [0.717, 1.165) is 77.0 Å². The highest BCUT2D eigenvalue weighted by Gasteiger charge is 2.27. The number of esters is 2. The van der Waals surface area contributed by atoms with Crippen molar-refractivity contribution in [2.24, 2.45) is 0 Å². The third kappa shape index (κ3) is 37.3. The minimum atomic E-state index is -4.39. The van der Waals surface area contributed by atoms with Crippen LogP contribution in [0, 0.1) is 0 Å². The first-order chi connectivity index (χ1) is 25.9. The highest BCUT2D eigenvalue weighted by atomic mass is 31.2. The number of phosphoric ester groups is 1. The maximum atomic E-state index is 12.7. The number of carbonyl (C=O) groups is 2. The molecule has 0 saturated heterocycles. The molecule has 0 rings (SSSR count). The number of quaternary nitrogens is 1. The van der Waals surface area contributed by atoms with Crippen molar-refractivity contribution in [3.05, 3.63) is 24.3 Å². The van der Waals surface area contributed by atoms with Gasteiger partial charge in [0, 0.05) is 12.8 Å². The van der Waals surface area contributed by atoms with Crippen LogP contribution in [-0.2, 0) is 37.6 Å². The molecule has 0 heterocycles. The van der Waals surface area contributed by atoms with Crippen molar-refractivity contribution in [2.75, 3.05) is 47.5 Å². The standard InChI is InChI=1S/C42H80NO10P/c1-6-8-10-11-12-13-14-15-16-19-22-25-29-33-41(44)49-37-40(38-51-54(47,48)50-36-35-43(3,4)5)52-42(45)34-30-26-23-20-17-18-21-24-28-32-39(53-46)31-27-9-7-2/h21,24,28,32,39-40H,6-20,22-23,25-27,29-31,33-38H2,1-5H3,(H-,46,47,48)/p+1/b24-21-,32-28+. The zero-order chi connectivity index (χ0) is 40.2. The van der Waals surface area contributed by atoms with Gasteiger partial charge >= 0.3 is 19.8 Å². The number of allylic oxidation sites excluding steroid dienone is 3. The van der Waals surface area contributed by atoms with E-state index >= 15 is 0 Å². The molecular formula is C42H81NO10P+. The highest BCUT2D eigenvalue weighted by Crippen LogP contribution is 2.43. The van der Waals surface area contributed by atoms with Crippen LogP contribution in [0.5, 0.6) is 0 Å². The van der Waals surface area contributed by atoms with Crippen LogP contribution in [0.3, 0.4) is 0 Å². The fraction of sp³-hybridized carbons (Fsp3) is 0.857. The van der Waals surface area contributed by atoms with Crippen LogP contribution < -0.4 is 0 Å². The van der Waals surface area contributed by atoms with Crippen LogP contribution >= 0.6 is 7.82 Å². The summed E-state index contributed by atoms with van der Waals surface area (Å²) in [6.45, 7) is 4.22. The number of hydrogen-bond donors (Lipinski definition) is 2. The topological polar surface area (TPSA) is 138 Å². The number of hydrogen-bond acceptors (Lipinski definition) is 9. The Balaban J connectivity index is 4.48.